The third-order valence-corrected chi connectivity index (χ3v) is 4.70. The molecule has 2 atom stereocenters. The fourth-order valence-corrected chi connectivity index (χ4v) is 2.94. The van der Waals surface area contributed by atoms with Gasteiger partial charge in [-0.15, -0.1) is 0 Å². The number of benzene rings is 1. The molecule has 0 amide bonds. The Morgan fingerprint density at radius 1 is 1.24 bits per heavy atom. The summed E-state index contributed by atoms with van der Waals surface area (Å²) in [6, 6.07) is 3.03. The van der Waals surface area contributed by atoms with E-state index < -0.39 is 17.6 Å². The molecule has 120 valence electrons. The summed E-state index contributed by atoms with van der Waals surface area (Å²) in [5, 5.41) is 3.66. The zero-order chi connectivity index (χ0) is 16.0. The molecular weight excluding hydrogens is 302 g/mol. The van der Waals surface area contributed by atoms with Crippen LogP contribution in [0.25, 0.3) is 0 Å². The predicted octanol–water partition coefficient (Wildman–Crippen LogP) is 5.03. The highest BCUT2D eigenvalue weighted by Crippen LogP contribution is 2.33. The van der Waals surface area contributed by atoms with Gasteiger partial charge in [-0.05, 0) is 30.7 Å². The highest BCUT2D eigenvalue weighted by atomic mass is 32.2. The van der Waals surface area contributed by atoms with Crippen molar-refractivity contribution in [2.75, 3.05) is 12.3 Å². The van der Waals surface area contributed by atoms with Crippen molar-refractivity contribution in [3.8, 4) is 0 Å². The van der Waals surface area contributed by atoms with E-state index in [1.54, 1.807) is 11.8 Å². The molecule has 0 spiro atoms. The van der Waals surface area contributed by atoms with Crippen LogP contribution in [0.1, 0.15) is 44.4 Å². The largest absolute Gasteiger partial charge is 0.419 e. The smallest absolute Gasteiger partial charge is 0.310 e. The van der Waals surface area contributed by atoms with Gasteiger partial charge in [0, 0.05) is 17.0 Å². The summed E-state index contributed by atoms with van der Waals surface area (Å²) >= 11 is 1.73. The van der Waals surface area contributed by atoms with E-state index in [0.717, 1.165) is 18.6 Å². The molecular formula is C15H21F4NS. The first-order valence-electron chi connectivity index (χ1n) is 7.01. The Morgan fingerprint density at radius 3 is 2.38 bits per heavy atom. The van der Waals surface area contributed by atoms with Gasteiger partial charge in [-0.3, -0.25) is 0 Å². The average Bonchev–Trinajstić information content (AvgIpc) is 2.41. The van der Waals surface area contributed by atoms with Crippen LogP contribution in [-0.2, 0) is 6.18 Å². The zero-order valence-corrected chi connectivity index (χ0v) is 13.2. The lowest BCUT2D eigenvalue weighted by molar-refractivity contribution is -0.140. The van der Waals surface area contributed by atoms with Gasteiger partial charge in [0.15, 0.2) is 0 Å². The van der Waals surface area contributed by atoms with Crippen molar-refractivity contribution in [3.63, 3.8) is 0 Å². The van der Waals surface area contributed by atoms with Crippen molar-refractivity contribution >= 4 is 11.8 Å². The molecule has 0 fully saturated rings. The van der Waals surface area contributed by atoms with Gasteiger partial charge < -0.3 is 5.32 Å². The molecule has 1 N–H and O–H groups in total. The monoisotopic (exact) mass is 323 g/mol. The molecule has 0 heterocycles. The molecule has 0 saturated heterocycles. The van der Waals surface area contributed by atoms with Crippen LogP contribution >= 0.6 is 11.8 Å². The molecule has 0 aliphatic rings. The molecule has 6 heteroatoms. The molecule has 0 radical (unpaired) electrons. The molecule has 0 bridgehead atoms. The van der Waals surface area contributed by atoms with Gasteiger partial charge in [0.05, 0.1) is 5.56 Å². The second-order valence-corrected chi connectivity index (χ2v) is 6.37. The Bertz CT molecular complexity index is 448. The van der Waals surface area contributed by atoms with Gasteiger partial charge in [-0.2, -0.15) is 24.9 Å². The van der Waals surface area contributed by atoms with Gasteiger partial charge in [0.2, 0.25) is 0 Å². The molecule has 0 aromatic heterocycles. The Kier molecular flexibility index (Phi) is 7.00. The Morgan fingerprint density at radius 2 is 1.90 bits per heavy atom. The van der Waals surface area contributed by atoms with E-state index in [2.05, 4.69) is 19.2 Å². The van der Waals surface area contributed by atoms with Crippen molar-refractivity contribution in [2.45, 2.75) is 44.7 Å². The Labute approximate surface area is 127 Å². The average molecular weight is 323 g/mol. The lowest BCUT2D eigenvalue weighted by atomic mass is 10.0. The first kappa shape index (κ1) is 18.3. The fourth-order valence-electron chi connectivity index (χ4n) is 1.88. The van der Waals surface area contributed by atoms with Gasteiger partial charge >= 0.3 is 6.18 Å². The SMILES string of the molecule is CCNC(CSC(C)CC)c1ccc(C(F)(F)F)c(F)c1. The number of alkyl halides is 3. The van der Waals surface area contributed by atoms with Gasteiger partial charge in [0.25, 0.3) is 0 Å². The number of nitrogens with one attached hydrogen (secondary N) is 1. The molecule has 0 aliphatic heterocycles. The van der Waals surface area contributed by atoms with Crippen LogP contribution in [0.5, 0.6) is 0 Å². The molecule has 1 rings (SSSR count). The van der Waals surface area contributed by atoms with Crippen LogP contribution in [0.15, 0.2) is 18.2 Å². The third-order valence-electron chi connectivity index (χ3n) is 3.27. The van der Waals surface area contributed by atoms with E-state index in [1.165, 1.54) is 6.07 Å². The van der Waals surface area contributed by atoms with E-state index in [1.807, 2.05) is 6.92 Å². The number of rotatable bonds is 7. The van der Waals surface area contributed by atoms with Crippen LogP contribution in [0.4, 0.5) is 17.6 Å². The summed E-state index contributed by atoms with van der Waals surface area (Å²) in [5.74, 6) is -0.510. The standard InChI is InChI=1S/C15H21F4NS/c1-4-10(3)21-9-14(20-5-2)11-6-7-12(13(16)8-11)15(17,18)19/h6-8,10,14,20H,4-5,9H2,1-3H3. The van der Waals surface area contributed by atoms with E-state index in [0.29, 0.717) is 23.1 Å². The molecule has 21 heavy (non-hydrogen) atoms. The Balaban J connectivity index is 2.91. The Hall–Kier alpha value is -0.750. The van der Waals surface area contributed by atoms with Crippen LogP contribution in [0.2, 0.25) is 0 Å². The minimum atomic E-state index is -4.65. The molecule has 1 nitrogen and oxygen atoms in total. The van der Waals surface area contributed by atoms with Gasteiger partial charge in [-0.1, -0.05) is 26.8 Å². The first-order chi connectivity index (χ1) is 9.79. The van der Waals surface area contributed by atoms with E-state index >= 15 is 0 Å². The summed E-state index contributed by atoms with van der Waals surface area (Å²) in [6.07, 6.45) is -3.63. The maximum Gasteiger partial charge on any atom is 0.419 e. The molecule has 0 aliphatic carbocycles. The van der Waals surface area contributed by atoms with Crippen LogP contribution in [0.3, 0.4) is 0 Å². The van der Waals surface area contributed by atoms with E-state index in [4.69, 9.17) is 0 Å². The van der Waals surface area contributed by atoms with Crippen molar-refractivity contribution < 1.29 is 17.6 Å². The highest BCUT2D eigenvalue weighted by molar-refractivity contribution is 7.99. The van der Waals surface area contributed by atoms with Crippen LogP contribution < -0.4 is 5.32 Å². The molecule has 2 unspecified atom stereocenters. The predicted molar refractivity (Wildman–Crippen MR) is 80.0 cm³/mol. The van der Waals surface area contributed by atoms with E-state index in [-0.39, 0.29) is 6.04 Å². The summed E-state index contributed by atoms with van der Waals surface area (Å²) < 4.78 is 51.4. The minimum absolute atomic E-state index is 0.147. The first-order valence-corrected chi connectivity index (χ1v) is 8.06. The molecule has 1 aromatic rings. The van der Waals surface area contributed by atoms with Crippen molar-refractivity contribution in [1.82, 2.24) is 5.32 Å². The van der Waals surface area contributed by atoms with Crippen LogP contribution in [-0.4, -0.2) is 17.5 Å². The quantitative estimate of drug-likeness (QED) is 0.707. The number of halogens is 4. The van der Waals surface area contributed by atoms with Crippen molar-refractivity contribution in [2.24, 2.45) is 0 Å². The summed E-state index contributed by atoms with van der Waals surface area (Å²) in [6.45, 7) is 6.77. The topological polar surface area (TPSA) is 12.0 Å². The second kappa shape index (κ2) is 8.03. The third kappa shape index (κ3) is 5.51. The van der Waals surface area contributed by atoms with Gasteiger partial charge in [-0.25, -0.2) is 4.39 Å². The lowest BCUT2D eigenvalue weighted by Gasteiger charge is -2.21. The number of hydrogen-bond acceptors (Lipinski definition) is 2. The zero-order valence-electron chi connectivity index (χ0n) is 12.4. The second-order valence-electron chi connectivity index (χ2n) is 4.90. The highest BCUT2D eigenvalue weighted by Gasteiger charge is 2.34. The summed E-state index contributed by atoms with van der Waals surface area (Å²) in [5.41, 5.74) is -0.658. The maximum atomic E-state index is 13.7. The van der Waals surface area contributed by atoms with Gasteiger partial charge in [0.1, 0.15) is 5.82 Å². The molecule has 0 saturated carbocycles. The summed E-state index contributed by atoms with van der Waals surface area (Å²) in [4.78, 5) is 0. The van der Waals surface area contributed by atoms with Crippen molar-refractivity contribution in [3.05, 3.63) is 35.1 Å². The molecule has 1 aromatic carbocycles. The summed E-state index contributed by atoms with van der Waals surface area (Å²) in [7, 11) is 0. The number of hydrogen-bond donors (Lipinski definition) is 1. The van der Waals surface area contributed by atoms with E-state index in [9.17, 15) is 17.6 Å². The van der Waals surface area contributed by atoms with Crippen LogP contribution in [0, 0.1) is 5.82 Å². The minimum Gasteiger partial charge on any atom is -0.310 e. The number of thioether (sulfide) groups is 1. The normalized spacial score (nSPS) is 15.0. The van der Waals surface area contributed by atoms with Crippen molar-refractivity contribution in [1.29, 1.82) is 0 Å². The maximum absolute atomic E-state index is 13.7. The fraction of sp³-hybridized carbons (Fsp3) is 0.600. The lowest BCUT2D eigenvalue weighted by Crippen LogP contribution is -2.24.